The highest BCUT2D eigenvalue weighted by Crippen LogP contribution is 2.40. The lowest BCUT2D eigenvalue weighted by Crippen LogP contribution is -2.27. The average Bonchev–Trinajstić information content (AvgIpc) is 2.54. The highest BCUT2D eigenvalue weighted by Gasteiger charge is 2.17. The van der Waals surface area contributed by atoms with Crippen LogP contribution < -0.4 is 5.32 Å². The Hall–Kier alpha value is -0.420. The highest BCUT2D eigenvalue weighted by molar-refractivity contribution is 7.99. The van der Waals surface area contributed by atoms with Crippen LogP contribution in [0.25, 0.3) is 0 Å². The topological polar surface area (TPSA) is 60.0 Å². The average molecular weight is 393 g/mol. The molecule has 0 aliphatic carbocycles. The molecular formula is C15H24N2O4S3. The second-order valence-corrected chi connectivity index (χ2v) is 7.75. The number of amides is 1. The summed E-state index contributed by atoms with van der Waals surface area (Å²) in [6, 6.07) is 3.60. The fourth-order valence-corrected chi connectivity index (χ4v) is 3.88. The van der Waals surface area contributed by atoms with Crippen LogP contribution in [0.3, 0.4) is 0 Å². The van der Waals surface area contributed by atoms with Gasteiger partial charge in [-0.3, -0.25) is 4.79 Å². The first-order valence-corrected chi connectivity index (χ1v) is 9.48. The van der Waals surface area contributed by atoms with Gasteiger partial charge in [0, 0.05) is 48.2 Å². The predicted molar refractivity (Wildman–Crippen MR) is 101 cm³/mol. The zero-order valence-electron chi connectivity index (χ0n) is 14.6. The lowest BCUT2D eigenvalue weighted by molar-refractivity contribution is 0.0951. The molecular weight excluding hydrogens is 368 g/mol. The SMILES string of the molecule is COSc1cc(C(=O)NCCCN(C)C)cc(SOC)c1SOC. The van der Waals surface area contributed by atoms with Crippen LogP contribution in [-0.4, -0.2) is 59.3 Å². The number of benzene rings is 1. The summed E-state index contributed by atoms with van der Waals surface area (Å²) >= 11 is 3.59. The molecule has 0 saturated heterocycles. The van der Waals surface area contributed by atoms with Crippen molar-refractivity contribution in [3.8, 4) is 0 Å². The molecule has 0 spiro atoms. The molecule has 24 heavy (non-hydrogen) atoms. The van der Waals surface area contributed by atoms with Gasteiger partial charge in [0.15, 0.2) is 0 Å². The number of rotatable bonds is 11. The number of nitrogens with one attached hydrogen (secondary N) is 1. The van der Waals surface area contributed by atoms with Crippen molar-refractivity contribution in [2.75, 3.05) is 48.5 Å². The van der Waals surface area contributed by atoms with Crippen LogP contribution in [0.4, 0.5) is 0 Å². The monoisotopic (exact) mass is 392 g/mol. The number of nitrogens with zero attached hydrogens (tertiary/aromatic N) is 1. The van der Waals surface area contributed by atoms with E-state index in [0.29, 0.717) is 12.1 Å². The number of hydrogen-bond acceptors (Lipinski definition) is 8. The van der Waals surface area contributed by atoms with Gasteiger partial charge in [0.1, 0.15) is 0 Å². The number of carbonyl (C=O) groups excluding carboxylic acids is 1. The fourth-order valence-electron chi connectivity index (χ4n) is 1.88. The van der Waals surface area contributed by atoms with E-state index in [1.807, 2.05) is 14.1 Å². The molecule has 6 nitrogen and oxygen atoms in total. The molecule has 1 aromatic carbocycles. The summed E-state index contributed by atoms with van der Waals surface area (Å²) < 4.78 is 15.5. The molecule has 1 N–H and O–H groups in total. The molecule has 1 aromatic rings. The molecule has 0 radical (unpaired) electrons. The lowest BCUT2D eigenvalue weighted by Gasteiger charge is -2.14. The van der Waals surface area contributed by atoms with Gasteiger partial charge in [-0.2, -0.15) is 0 Å². The second kappa shape index (κ2) is 12.0. The zero-order valence-corrected chi connectivity index (χ0v) is 17.0. The van der Waals surface area contributed by atoms with E-state index in [1.165, 1.54) is 36.1 Å². The fraction of sp³-hybridized carbons (Fsp3) is 0.533. The summed E-state index contributed by atoms with van der Waals surface area (Å²) in [6.07, 6.45) is 0.899. The third kappa shape index (κ3) is 7.22. The molecule has 0 bridgehead atoms. The van der Waals surface area contributed by atoms with E-state index < -0.39 is 0 Å². The van der Waals surface area contributed by atoms with Crippen LogP contribution in [0.1, 0.15) is 16.8 Å². The Kier molecular flexibility index (Phi) is 10.8. The minimum atomic E-state index is -0.112. The Labute approximate surface area is 157 Å². The van der Waals surface area contributed by atoms with Crippen molar-refractivity contribution in [2.24, 2.45) is 0 Å². The first-order valence-electron chi connectivity index (χ1n) is 7.26. The van der Waals surface area contributed by atoms with Crippen molar-refractivity contribution < 1.29 is 17.3 Å². The van der Waals surface area contributed by atoms with Crippen molar-refractivity contribution in [3.05, 3.63) is 17.7 Å². The van der Waals surface area contributed by atoms with Gasteiger partial charge in [-0.15, -0.1) is 0 Å². The van der Waals surface area contributed by atoms with Gasteiger partial charge in [0.2, 0.25) is 0 Å². The molecule has 1 rings (SSSR count). The summed E-state index contributed by atoms with van der Waals surface area (Å²) in [5, 5.41) is 2.94. The summed E-state index contributed by atoms with van der Waals surface area (Å²) in [4.78, 5) is 17.0. The Bertz CT molecular complexity index is 502. The molecule has 9 heteroatoms. The first kappa shape index (κ1) is 21.6. The summed E-state index contributed by atoms with van der Waals surface area (Å²) in [6.45, 7) is 1.56. The van der Waals surface area contributed by atoms with Gasteiger partial charge < -0.3 is 22.8 Å². The van der Waals surface area contributed by atoms with Crippen LogP contribution in [0.2, 0.25) is 0 Å². The van der Waals surface area contributed by atoms with Crippen LogP contribution in [0, 0.1) is 0 Å². The summed E-state index contributed by atoms with van der Waals surface area (Å²) in [5.74, 6) is -0.112. The molecule has 0 saturated carbocycles. The second-order valence-electron chi connectivity index (χ2n) is 4.96. The van der Waals surface area contributed by atoms with Crippen LogP contribution in [0.15, 0.2) is 26.8 Å². The van der Waals surface area contributed by atoms with Crippen molar-refractivity contribution in [2.45, 2.75) is 21.1 Å². The molecule has 0 atom stereocenters. The van der Waals surface area contributed by atoms with E-state index in [4.69, 9.17) is 12.5 Å². The third-order valence-electron chi connectivity index (χ3n) is 2.86. The normalized spacial score (nSPS) is 11.1. The third-order valence-corrected chi connectivity index (χ3v) is 5.23. The maximum absolute atomic E-state index is 12.4. The van der Waals surface area contributed by atoms with E-state index in [-0.39, 0.29) is 5.91 Å². The maximum Gasteiger partial charge on any atom is 0.251 e. The van der Waals surface area contributed by atoms with Gasteiger partial charge in [0.25, 0.3) is 5.91 Å². The molecule has 1 amide bonds. The molecule has 0 fully saturated rings. The number of hydrogen-bond donors (Lipinski definition) is 1. The Morgan fingerprint density at radius 1 is 1.04 bits per heavy atom. The van der Waals surface area contributed by atoms with Gasteiger partial charge in [-0.1, -0.05) is 0 Å². The first-order chi connectivity index (χ1) is 11.5. The smallest absolute Gasteiger partial charge is 0.251 e. The van der Waals surface area contributed by atoms with Gasteiger partial charge in [0.05, 0.1) is 36.0 Å². The van der Waals surface area contributed by atoms with E-state index >= 15 is 0 Å². The van der Waals surface area contributed by atoms with E-state index in [9.17, 15) is 4.79 Å². The summed E-state index contributed by atoms with van der Waals surface area (Å²) in [7, 11) is 8.79. The minimum absolute atomic E-state index is 0.112. The van der Waals surface area contributed by atoms with E-state index in [2.05, 4.69) is 10.2 Å². The molecule has 0 unspecified atom stereocenters. The molecule has 0 aliphatic rings. The van der Waals surface area contributed by atoms with Crippen LogP contribution in [-0.2, 0) is 12.5 Å². The van der Waals surface area contributed by atoms with Crippen molar-refractivity contribution in [1.82, 2.24) is 10.2 Å². The maximum atomic E-state index is 12.4. The van der Waals surface area contributed by atoms with Gasteiger partial charge >= 0.3 is 0 Å². The Morgan fingerprint density at radius 2 is 1.58 bits per heavy atom. The standard InChI is InChI=1S/C15H24N2O4S3/c1-17(2)8-6-7-16-15(18)11-9-12(22-19-3)14(24-21-5)13(10-11)23-20-4/h9-10H,6-8H2,1-5H3,(H,16,18). The van der Waals surface area contributed by atoms with Crippen molar-refractivity contribution >= 4 is 42.0 Å². The van der Waals surface area contributed by atoms with Crippen LogP contribution in [0.5, 0.6) is 0 Å². The van der Waals surface area contributed by atoms with Gasteiger partial charge in [-0.25, -0.2) is 0 Å². The quantitative estimate of drug-likeness (QED) is 0.455. The van der Waals surface area contributed by atoms with E-state index in [1.54, 1.807) is 33.5 Å². The highest BCUT2D eigenvalue weighted by atomic mass is 32.2. The largest absolute Gasteiger partial charge is 0.352 e. The van der Waals surface area contributed by atoms with Gasteiger partial charge in [-0.05, 0) is 39.2 Å². The Morgan fingerprint density at radius 3 is 2.04 bits per heavy atom. The molecule has 0 heterocycles. The lowest BCUT2D eigenvalue weighted by atomic mass is 10.2. The molecule has 0 aromatic heterocycles. The summed E-state index contributed by atoms with van der Waals surface area (Å²) in [5.41, 5.74) is 0.569. The molecule has 0 aliphatic heterocycles. The predicted octanol–water partition coefficient (Wildman–Crippen LogP) is 3.33. The Balaban J connectivity index is 2.94. The number of carbonyl (C=O) groups is 1. The van der Waals surface area contributed by atoms with E-state index in [0.717, 1.165) is 27.7 Å². The van der Waals surface area contributed by atoms with Crippen molar-refractivity contribution in [3.63, 3.8) is 0 Å². The van der Waals surface area contributed by atoms with Crippen molar-refractivity contribution in [1.29, 1.82) is 0 Å². The van der Waals surface area contributed by atoms with Crippen LogP contribution >= 0.6 is 36.1 Å². The minimum Gasteiger partial charge on any atom is -0.352 e. The molecule has 136 valence electrons. The zero-order chi connectivity index (χ0) is 17.9.